The minimum Gasteiger partial charge on any atom is -0.543 e. The summed E-state index contributed by atoms with van der Waals surface area (Å²) in [6, 6.07) is 8.93. The fourth-order valence-electron chi connectivity index (χ4n) is 1.58. The van der Waals surface area contributed by atoms with E-state index in [1.807, 2.05) is 0 Å². The number of nitrogens with zero attached hydrogens (tertiary/aromatic N) is 1. The van der Waals surface area contributed by atoms with Crippen LogP contribution in [-0.2, 0) is 0 Å². The minimum absolute atomic E-state index is 0.232. The van der Waals surface area contributed by atoms with E-state index in [1.165, 1.54) is 5.56 Å². The predicted octanol–water partition coefficient (Wildman–Crippen LogP) is 4.69. The fraction of sp³-hybridized carbons (Fsp3) is 0.625. The molecule has 0 aromatic heterocycles. The van der Waals surface area contributed by atoms with E-state index in [-0.39, 0.29) is 5.04 Å². The Bertz CT molecular complexity index is 421. The molecule has 1 aromatic rings. The highest BCUT2D eigenvalue weighted by molar-refractivity contribution is 6.74. The molecule has 0 N–H and O–H groups in total. The Morgan fingerprint density at radius 3 is 2.21 bits per heavy atom. The molecular formula is C16H29NOSi. The van der Waals surface area contributed by atoms with E-state index >= 15 is 0 Å². The second-order valence-electron chi connectivity index (χ2n) is 7.07. The van der Waals surface area contributed by atoms with Gasteiger partial charge in [0.05, 0.1) is 0 Å². The third kappa shape index (κ3) is 4.08. The van der Waals surface area contributed by atoms with Crippen molar-refractivity contribution < 1.29 is 4.43 Å². The van der Waals surface area contributed by atoms with E-state index in [9.17, 15) is 0 Å². The summed E-state index contributed by atoms with van der Waals surface area (Å²) in [5.74, 6) is 1.01. The van der Waals surface area contributed by atoms with Crippen LogP contribution in [-0.4, -0.2) is 27.3 Å². The molecule has 108 valence electrons. The van der Waals surface area contributed by atoms with Gasteiger partial charge in [-0.3, -0.25) is 0 Å². The van der Waals surface area contributed by atoms with E-state index in [0.717, 1.165) is 5.75 Å². The first-order valence-electron chi connectivity index (χ1n) is 7.00. The van der Waals surface area contributed by atoms with Crippen LogP contribution in [0.2, 0.25) is 18.1 Å². The molecule has 0 radical (unpaired) electrons. The minimum atomic E-state index is -1.74. The molecule has 1 aromatic carbocycles. The van der Waals surface area contributed by atoms with Crippen LogP contribution in [0.25, 0.3) is 0 Å². The smallest absolute Gasteiger partial charge is 0.250 e. The Morgan fingerprint density at radius 2 is 1.74 bits per heavy atom. The molecule has 0 fully saturated rings. The van der Waals surface area contributed by atoms with Crippen molar-refractivity contribution in [1.82, 2.24) is 4.90 Å². The lowest BCUT2D eigenvalue weighted by Crippen LogP contribution is -2.43. The van der Waals surface area contributed by atoms with E-state index in [1.54, 1.807) is 0 Å². The third-order valence-corrected chi connectivity index (χ3v) is 8.65. The topological polar surface area (TPSA) is 12.5 Å². The summed E-state index contributed by atoms with van der Waals surface area (Å²) in [4.78, 5) is 2.21. The molecule has 0 saturated heterocycles. The maximum Gasteiger partial charge on any atom is 0.250 e. The van der Waals surface area contributed by atoms with Gasteiger partial charge in [0, 0.05) is 6.04 Å². The third-order valence-electron chi connectivity index (χ3n) is 4.29. The van der Waals surface area contributed by atoms with Gasteiger partial charge in [-0.15, -0.1) is 0 Å². The second kappa shape index (κ2) is 5.67. The second-order valence-corrected chi connectivity index (χ2v) is 11.8. The Hall–Kier alpha value is -0.803. The molecule has 0 bridgehead atoms. The quantitative estimate of drug-likeness (QED) is 0.741. The molecule has 19 heavy (non-hydrogen) atoms. The van der Waals surface area contributed by atoms with Gasteiger partial charge in [-0.05, 0) is 56.8 Å². The summed E-state index contributed by atoms with van der Waals surface area (Å²) in [7, 11) is 2.46. The van der Waals surface area contributed by atoms with Crippen LogP contribution in [0.5, 0.6) is 5.75 Å². The Morgan fingerprint density at radius 1 is 1.16 bits per heavy atom. The maximum atomic E-state index is 6.36. The van der Waals surface area contributed by atoms with Crippen LogP contribution >= 0.6 is 0 Å². The number of rotatable bonds is 4. The highest BCUT2D eigenvalue weighted by atomic mass is 28.4. The predicted molar refractivity (Wildman–Crippen MR) is 86.4 cm³/mol. The van der Waals surface area contributed by atoms with Crippen molar-refractivity contribution in [2.24, 2.45) is 0 Å². The molecule has 0 unspecified atom stereocenters. The van der Waals surface area contributed by atoms with E-state index < -0.39 is 8.32 Å². The zero-order valence-electron chi connectivity index (χ0n) is 13.7. The number of hydrogen-bond acceptors (Lipinski definition) is 2. The van der Waals surface area contributed by atoms with Crippen LogP contribution in [0, 0.1) is 0 Å². The lowest BCUT2D eigenvalue weighted by atomic mass is 10.1. The Kier molecular flexibility index (Phi) is 4.85. The lowest BCUT2D eigenvalue weighted by molar-refractivity contribution is 0.320. The van der Waals surface area contributed by atoms with Gasteiger partial charge in [0.15, 0.2) is 0 Å². The first-order valence-corrected chi connectivity index (χ1v) is 9.91. The zero-order chi connectivity index (χ0) is 14.8. The van der Waals surface area contributed by atoms with Crippen LogP contribution in [0.4, 0.5) is 0 Å². The van der Waals surface area contributed by atoms with E-state index in [0.29, 0.717) is 6.04 Å². The first-order chi connectivity index (χ1) is 8.54. The van der Waals surface area contributed by atoms with Crippen LogP contribution in [0.1, 0.15) is 39.3 Å². The normalized spacial score (nSPS) is 14.6. The summed E-state index contributed by atoms with van der Waals surface area (Å²) >= 11 is 0. The van der Waals surface area contributed by atoms with Crippen LogP contribution < -0.4 is 4.43 Å². The molecule has 0 saturated carbocycles. The van der Waals surface area contributed by atoms with Crippen LogP contribution in [0.15, 0.2) is 24.3 Å². The summed E-state index contributed by atoms with van der Waals surface area (Å²) in [5.41, 5.74) is 1.31. The van der Waals surface area contributed by atoms with Crippen molar-refractivity contribution in [3.8, 4) is 5.75 Å². The lowest BCUT2D eigenvalue weighted by Gasteiger charge is -2.36. The fourth-order valence-corrected chi connectivity index (χ4v) is 2.61. The van der Waals surface area contributed by atoms with Crippen molar-refractivity contribution in [1.29, 1.82) is 0 Å². The first kappa shape index (κ1) is 16.3. The molecule has 0 aliphatic heterocycles. The highest BCUT2D eigenvalue weighted by Gasteiger charge is 2.38. The van der Waals surface area contributed by atoms with Gasteiger partial charge in [-0.25, -0.2) is 0 Å². The molecule has 1 rings (SSSR count). The molecule has 0 aliphatic rings. The summed E-state index contributed by atoms with van der Waals surface area (Å²) in [6.45, 7) is 13.6. The highest BCUT2D eigenvalue weighted by Crippen LogP contribution is 2.37. The van der Waals surface area contributed by atoms with Crippen molar-refractivity contribution in [2.75, 3.05) is 14.1 Å². The molecule has 0 spiro atoms. The molecule has 0 amide bonds. The molecule has 0 aliphatic carbocycles. The van der Waals surface area contributed by atoms with Crippen molar-refractivity contribution in [3.63, 3.8) is 0 Å². The summed E-state index contributed by atoms with van der Waals surface area (Å²) in [5, 5.41) is 0.232. The number of hydrogen-bond donors (Lipinski definition) is 0. The Labute approximate surface area is 119 Å². The monoisotopic (exact) mass is 279 g/mol. The zero-order valence-corrected chi connectivity index (χ0v) is 14.7. The SMILES string of the molecule is C[C@@H](c1cccc(O[Si](C)(C)C(C)(C)C)c1)N(C)C. The average molecular weight is 280 g/mol. The van der Waals surface area contributed by atoms with Gasteiger partial charge >= 0.3 is 0 Å². The van der Waals surface area contributed by atoms with Gasteiger partial charge < -0.3 is 9.33 Å². The van der Waals surface area contributed by atoms with Crippen molar-refractivity contribution in [3.05, 3.63) is 29.8 Å². The van der Waals surface area contributed by atoms with Gasteiger partial charge in [0.2, 0.25) is 8.32 Å². The van der Waals surface area contributed by atoms with Crippen LogP contribution in [0.3, 0.4) is 0 Å². The van der Waals surface area contributed by atoms with Gasteiger partial charge in [0.25, 0.3) is 0 Å². The van der Waals surface area contributed by atoms with Gasteiger partial charge in [0.1, 0.15) is 5.75 Å². The Balaban J connectivity index is 2.95. The molecular weight excluding hydrogens is 250 g/mol. The maximum absolute atomic E-state index is 6.36. The van der Waals surface area contributed by atoms with Crippen molar-refractivity contribution in [2.45, 2.75) is 51.9 Å². The molecule has 0 heterocycles. The summed E-state index contributed by atoms with van der Waals surface area (Å²) < 4.78 is 6.36. The van der Waals surface area contributed by atoms with E-state index in [2.05, 4.69) is 84.0 Å². The average Bonchev–Trinajstić information content (AvgIpc) is 2.26. The largest absolute Gasteiger partial charge is 0.543 e. The molecule has 1 atom stereocenters. The summed E-state index contributed by atoms with van der Waals surface area (Å²) in [6.07, 6.45) is 0. The standard InChI is InChI=1S/C16H29NOSi/c1-13(17(5)6)14-10-9-11-15(12-14)18-19(7,8)16(2,3)4/h9-13H,1-8H3/t13-/m0/s1. The van der Waals surface area contributed by atoms with E-state index in [4.69, 9.17) is 4.43 Å². The molecule has 3 heteroatoms. The number of benzene rings is 1. The van der Waals surface area contributed by atoms with Gasteiger partial charge in [-0.1, -0.05) is 32.9 Å². The van der Waals surface area contributed by atoms with Crippen molar-refractivity contribution >= 4 is 8.32 Å². The van der Waals surface area contributed by atoms with Gasteiger partial charge in [-0.2, -0.15) is 0 Å². The molecule has 2 nitrogen and oxygen atoms in total.